The van der Waals surface area contributed by atoms with Gasteiger partial charge in [0.1, 0.15) is 0 Å². The minimum absolute atomic E-state index is 0.158. The van der Waals surface area contributed by atoms with Crippen molar-refractivity contribution in [3.8, 4) is 5.69 Å². The minimum Gasteiger partial charge on any atom is -0.379 e. The van der Waals surface area contributed by atoms with Crippen LogP contribution in [0.25, 0.3) is 16.6 Å². The topological polar surface area (TPSA) is 61.4 Å². The number of ether oxygens (including phenoxy) is 1. The van der Waals surface area contributed by atoms with E-state index in [9.17, 15) is 9.59 Å². The van der Waals surface area contributed by atoms with Gasteiger partial charge < -0.3 is 9.30 Å². The third-order valence-electron chi connectivity index (χ3n) is 6.08. The molecule has 0 unspecified atom stereocenters. The molecule has 3 heterocycles. The summed E-state index contributed by atoms with van der Waals surface area (Å²) in [6.07, 6.45) is 1.67. The molecule has 0 N–H and O–H groups in total. The molecule has 0 amide bonds. The highest BCUT2D eigenvalue weighted by Gasteiger charge is 2.15. The normalized spacial score (nSPS) is 14.7. The third kappa shape index (κ3) is 4.39. The summed E-state index contributed by atoms with van der Waals surface area (Å²) in [5.74, 6) is 0. The van der Waals surface area contributed by atoms with Crippen molar-refractivity contribution in [1.29, 1.82) is 0 Å². The predicted octanol–water partition coefficient (Wildman–Crippen LogP) is 3.02. The average Bonchev–Trinajstić information content (AvgIpc) is 3.05. The molecule has 4 aromatic rings. The van der Waals surface area contributed by atoms with Crippen molar-refractivity contribution in [2.24, 2.45) is 7.05 Å². The molecule has 2 aromatic heterocycles. The van der Waals surface area contributed by atoms with E-state index in [1.807, 2.05) is 24.3 Å². The maximum atomic E-state index is 13.0. The molecule has 2 aromatic carbocycles. The van der Waals surface area contributed by atoms with Crippen LogP contribution in [0.2, 0.25) is 5.02 Å². The number of halogens is 1. The summed E-state index contributed by atoms with van der Waals surface area (Å²) < 4.78 is 10.3. The van der Waals surface area contributed by atoms with Gasteiger partial charge in [0.2, 0.25) is 0 Å². The minimum atomic E-state index is -0.158. The summed E-state index contributed by atoms with van der Waals surface area (Å²) >= 11 is 6.01. The van der Waals surface area contributed by atoms with Crippen molar-refractivity contribution in [2.75, 3.05) is 26.3 Å². The molecule has 0 bridgehead atoms. The van der Waals surface area contributed by atoms with Gasteiger partial charge in [-0.1, -0.05) is 35.9 Å². The van der Waals surface area contributed by atoms with Gasteiger partial charge in [0.15, 0.2) is 0 Å². The monoisotopic (exact) mass is 464 g/mol. The standard InChI is InChI=1S/C25H25ClN4O3/c1-27-25(32)22-17-29(24(31)14-23(22)30(27)21-7-5-20(26)6-8-21)16-19-4-2-3-18(13-19)15-28-9-11-33-12-10-28/h2-8,13-14,17H,9-12,15-16H2,1H3. The Labute approximate surface area is 196 Å². The van der Waals surface area contributed by atoms with Crippen LogP contribution in [0.15, 0.2) is 70.4 Å². The van der Waals surface area contributed by atoms with E-state index in [2.05, 4.69) is 17.0 Å². The van der Waals surface area contributed by atoms with Crippen LogP contribution in [0.3, 0.4) is 0 Å². The van der Waals surface area contributed by atoms with Crippen molar-refractivity contribution in [3.63, 3.8) is 0 Å². The highest BCUT2D eigenvalue weighted by Crippen LogP contribution is 2.18. The zero-order valence-electron chi connectivity index (χ0n) is 18.4. The van der Waals surface area contributed by atoms with E-state index in [1.165, 1.54) is 16.3 Å². The van der Waals surface area contributed by atoms with Crippen LogP contribution in [0.1, 0.15) is 11.1 Å². The fourth-order valence-electron chi connectivity index (χ4n) is 4.39. The van der Waals surface area contributed by atoms with Gasteiger partial charge >= 0.3 is 0 Å². The molecule has 0 aliphatic carbocycles. The van der Waals surface area contributed by atoms with Gasteiger partial charge in [0, 0.05) is 44.0 Å². The molecule has 0 saturated carbocycles. The Balaban J connectivity index is 1.47. The van der Waals surface area contributed by atoms with Crippen LogP contribution >= 0.6 is 11.6 Å². The second-order valence-corrected chi connectivity index (χ2v) is 8.80. The van der Waals surface area contributed by atoms with Crippen molar-refractivity contribution < 1.29 is 4.74 Å². The lowest BCUT2D eigenvalue weighted by Crippen LogP contribution is -2.35. The van der Waals surface area contributed by atoms with Gasteiger partial charge in [0.05, 0.1) is 36.3 Å². The molecule has 170 valence electrons. The van der Waals surface area contributed by atoms with Gasteiger partial charge in [-0.3, -0.25) is 19.2 Å². The number of aromatic nitrogens is 3. The lowest BCUT2D eigenvalue weighted by atomic mass is 10.1. The summed E-state index contributed by atoms with van der Waals surface area (Å²) in [6, 6.07) is 17.0. The fourth-order valence-corrected chi connectivity index (χ4v) is 4.51. The van der Waals surface area contributed by atoms with Crippen LogP contribution in [0, 0.1) is 0 Å². The average molecular weight is 465 g/mol. The largest absolute Gasteiger partial charge is 0.379 e. The van der Waals surface area contributed by atoms with Gasteiger partial charge in [0.25, 0.3) is 11.1 Å². The van der Waals surface area contributed by atoms with E-state index < -0.39 is 0 Å². The Morgan fingerprint density at radius 3 is 2.36 bits per heavy atom. The summed E-state index contributed by atoms with van der Waals surface area (Å²) in [4.78, 5) is 28.3. The Bertz CT molecular complexity index is 1410. The number of morpholine rings is 1. The molecule has 8 heteroatoms. The van der Waals surface area contributed by atoms with Gasteiger partial charge in [-0.25, -0.2) is 4.68 Å². The van der Waals surface area contributed by atoms with E-state index in [-0.39, 0.29) is 11.1 Å². The first-order valence-electron chi connectivity index (χ1n) is 11.0. The zero-order valence-corrected chi connectivity index (χ0v) is 19.2. The highest BCUT2D eigenvalue weighted by molar-refractivity contribution is 6.30. The number of nitrogens with zero attached hydrogens (tertiary/aromatic N) is 4. The van der Waals surface area contributed by atoms with E-state index >= 15 is 0 Å². The molecule has 5 rings (SSSR count). The Kier molecular flexibility index (Phi) is 5.93. The molecule has 1 fully saturated rings. The molecule has 0 atom stereocenters. The lowest BCUT2D eigenvalue weighted by Gasteiger charge is -2.26. The Morgan fingerprint density at radius 2 is 1.64 bits per heavy atom. The molecule has 1 saturated heterocycles. The number of benzene rings is 2. The van der Waals surface area contributed by atoms with Crippen molar-refractivity contribution in [3.05, 3.63) is 97.7 Å². The third-order valence-corrected chi connectivity index (χ3v) is 6.33. The summed E-state index contributed by atoms with van der Waals surface area (Å²) in [6.45, 7) is 4.64. The Morgan fingerprint density at radius 1 is 0.939 bits per heavy atom. The zero-order chi connectivity index (χ0) is 22.9. The van der Waals surface area contributed by atoms with Crippen LogP contribution in [0.5, 0.6) is 0 Å². The maximum Gasteiger partial charge on any atom is 0.276 e. The van der Waals surface area contributed by atoms with E-state index in [0.717, 1.165) is 44.1 Å². The van der Waals surface area contributed by atoms with Crippen molar-refractivity contribution >= 4 is 22.5 Å². The molecule has 1 aliphatic heterocycles. The molecule has 0 radical (unpaired) electrons. The summed E-state index contributed by atoms with van der Waals surface area (Å²) in [5.41, 5.74) is 3.25. The lowest BCUT2D eigenvalue weighted by molar-refractivity contribution is 0.0342. The van der Waals surface area contributed by atoms with Crippen molar-refractivity contribution in [2.45, 2.75) is 13.1 Å². The maximum absolute atomic E-state index is 13.0. The number of fused-ring (bicyclic) bond motifs is 1. The van der Waals surface area contributed by atoms with Crippen LogP contribution < -0.4 is 11.1 Å². The molecular weight excluding hydrogens is 440 g/mol. The van der Waals surface area contributed by atoms with Gasteiger partial charge in [-0.05, 0) is 35.4 Å². The number of rotatable bonds is 5. The fraction of sp³-hybridized carbons (Fsp3) is 0.280. The molecule has 7 nitrogen and oxygen atoms in total. The molecular formula is C25H25ClN4O3. The van der Waals surface area contributed by atoms with Crippen LogP contribution in [0.4, 0.5) is 0 Å². The predicted molar refractivity (Wildman–Crippen MR) is 129 cm³/mol. The first-order valence-corrected chi connectivity index (χ1v) is 11.3. The van der Waals surface area contributed by atoms with E-state index in [4.69, 9.17) is 16.3 Å². The Hall–Kier alpha value is -3.13. The molecule has 33 heavy (non-hydrogen) atoms. The number of hydrogen-bond acceptors (Lipinski definition) is 4. The second kappa shape index (κ2) is 9.02. The van der Waals surface area contributed by atoms with E-state index in [0.29, 0.717) is 22.5 Å². The second-order valence-electron chi connectivity index (χ2n) is 8.36. The highest BCUT2D eigenvalue weighted by atomic mass is 35.5. The van der Waals surface area contributed by atoms with Gasteiger partial charge in [-0.2, -0.15) is 0 Å². The first kappa shape index (κ1) is 21.7. The van der Waals surface area contributed by atoms with Crippen LogP contribution in [-0.4, -0.2) is 45.1 Å². The molecule has 0 spiro atoms. The van der Waals surface area contributed by atoms with Crippen molar-refractivity contribution in [1.82, 2.24) is 18.8 Å². The first-order chi connectivity index (χ1) is 16.0. The van der Waals surface area contributed by atoms with E-state index in [1.54, 1.807) is 34.6 Å². The summed E-state index contributed by atoms with van der Waals surface area (Å²) in [5, 5.41) is 1.11. The number of hydrogen-bond donors (Lipinski definition) is 0. The molecule has 1 aliphatic rings. The smallest absolute Gasteiger partial charge is 0.276 e. The number of pyridine rings is 1. The summed E-state index contributed by atoms with van der Waals surface area (Å²) in [7, 11) is 1.70. The SMILES string of the molecule is Cn1c(=O)c2cn(Cc3cccc(CN4CCOCC4)c3)c(=O)cc2n1-c1ccc(Cl)cc1. The quantitative estimate of drug-likeness (QED) is 0.455. The van der Waals surface area contributed by atoms with Crippen LogP contribution in [-0.2, 0) is 24.9 Å². The van der Waals surface area contributed by atoms with Gasteiger partial charge in [-0.15, -0.1) is 0 Å².